The summed E-state index contributed by atoms with van der Waals surface area (Å²) in [7, 11) is 0. The third-order valence-electron chi connectivity index (χ3n) is 1.19. The molecule has 0 fully saturated rings. The molecule has 1 aromatic rings. The zero-order chi connectivity index (χ0) is 6.69. The predicted molar refractivity (Wildman–Crippen MR) is 33.8 cm³/mol. The predicted octanol–water partition coefficient (Wildman–Crippen LogP) is 0.395. The van der Waals surface area contributed by atoms with Gasteiger partial charge in [-0.05, 0) is 6.92 Å². The van der Waals surface area contributed by atoms with Crippen molar-refractivity contribution in [3.8, 4) is 0 Å². The maximum absolute atomic E-state index is 8.59. The molecule has 0 aliphatic heterocycles. The van der Waals surface area contributed by atoms with Crippen LogP contribution in [-0.4, -0.2) is 14.9 Å². The summed E-state index contributed by atoms with van der Waals surface area (Å²) in [5, 5.41) is 12.6. The highest BCUT2D eigenvalue weighted by Gasteiger charge is 1.91. The van der Waals surface area contributed by atoms with E-state index < -0.39 is 0 Å². The van der Waals surface area contributed by atoms with Crippen molar-refractivity contribution in [1.29, 1.82) is 0 Å². The molecule has 0 aliphatic carbocycles. The Morgan fingerprint density at radius 3 is 2.89 bits per heavy atom. The van der Waals surface area contributed by atoms with E-state index in [0.717, 1.165) is 12.1 Å². The van der Waals surface area contributed by atoms with Crippen LogP contribution in [0.5, 0.6) is 0 Å². The summed E-state index contributed by atoms with van der Waals surface area (Å²) < 4.78 is 1.78. The zero-order valence-electron chi connectivity index (χ0n) is 5.41. The van der Waals surface area contributed by atoms with E-state index in [-0.39, 0.29) is 6.61 Å². The molecule has 0 aromatic carbocycles. The largest absolute Gasteiger partial charge is 0.392 e. The van der Waals surface area contributed by atoms with Crippen LogP contribution in [0.3, 0.4) is 0 Å². The summed E-state index contributed by atoms with van der Waals surface area (Å²) >= 11 is 0. The molecule has 0 unspecified atom stereocenters. The number of aromatic nitrogens is 2. The van der Waals surface area contributed by atoms with E-state index in [0.29, 0.717) is 0 Å². The quantitative estimate of drug-likeness (QED) is 0.622. The van der Waals surface area contributed by atoms with Crippen molar-refractivity contribution in [3.05, 3.63) is 18.0 Å². The molecule has 0 aliphatic rings. The fourth-order valence-electron chi connectivity index (χ4n) is 0.661. The van der Waals surface area contributed by atoms with Gasteiger partial charge in [-0.25, -0.2) is 0 Å². The van der Waals surface area contributed by atoms with Crippen LogP contribution in [0, 0.1) is 0 Å². The van der Waals surface area contributed by atoms with E-state index >= 15 is 0 Å². The van der Waals surface area contributed by atoms with E-state index in [1.54, 1.807) is 10.9 Å². The lowest BCUT2D eigenvalue weighted by atomic mass is 10.4. The van der Waals surface area contributed by atoms with E-state index in [2.05, 4.69) is 5.10 Å². The minimum atomic E-state index is 0.0833. The molecule has 1 N–H and O–H groups in total. The molecule has 3 heteroatoms. The summed E-state index contributed by atoms with van der Waals surface area (Å²) in [6, 6.07) is 0. The molecule has 50 valence electrons. The maximum Gasteiger partial charge on any atom is 0.0712 e. The van der Waals surface area contributed by atoms with Crippen molar-refractivity contribution < 1.29 is 5.11 Å². The Labute approximate surface area is 53.9 Å². The van der Waals surface area contributed by atoms with Gasteiger partial charge in [-0.3, -0.25) is 4.68 Å². The number of hydrogen-bond acceptors (Lipinski definition) is 2. The monoisotopic (exact) mass is 126 g/mol. The number of aliphatic hydroxyl groups excluding tert-OH is 1. The zero-order valence-corrected chi connectivity index (χ0v) is 5.41. The highest BCUT2D eigenvalue weighted by Crippen LogP contribution is 1.95. The van der Waals surface area contributed by atoms with Crippen LogP contribution in [-0.2, 0) is 13.2 Å². The Morgan fingerprint density at radius 2 is 2.56 bits per heavy atom. The first kappa shape index (κ1) is 6.29. The Kier molecular flexibility index (Phi) is 1.85. The fourth-order valence-corrected chi connectivity index (χ4v) is 0.661. The molecule has 1 heterocycles. The first-order valence-corrected chi connectivity index (χ1v) is 2.99. The molecule has 0 saturated heterocycles. The topological polar surface area (TPSA) is 38.0 Å². The van der Waals surface area contributed by atoms with Gasteiger partial charge in [0.2, 0.25) is 0 Å². The number of aryl methyl sites for hydroxylation is 1. The van der Waals surface area contributed by atoms with Crippen LogP contribution in [0.25, 0.3) is 0 Å². The van der Waals surface area contributed by atoms with Crippen molar-refractivity contribution in [1.82, 2.24) is 9.78 Å². The second-order valence-electron chi connectivity index (χ2n) is 1.86. The summed E-state index contributed by atoms with van der Waals surface area (Å²) in [6.45, 7) is 2.95. The molecular formula is C6H10N2O. The van der Waals surface area contributed by atoms with Crippen molar-refractivity contribution in [2.24, 2.45) is 0 Å². The van der Waals surface area contributed by atoms with Crippen molar-refractivity contribution >= 4 is 0 Å². The lowest BCUT2D eigenvalue weighted by Gasteiger charge is -1.89. The Balaban J connectivity index is 2.74. The molecule has 0 saturated carbocycles. The molecule has 1 aromatic heterocycles. The number of hydrogen-bond donors (Lipinski definition) is 1. The number of rotatable bonds is 2. The van der Waals surface area contributed by atoms with E-state index in [1.807, 2.05) is 13.1 Å². The average Bonchev–Trinajstić information content (AvgIpc) is 2.34. The van der Waals surface area contributed by atoms with Crippen LogP contribution in [0.1, 0.15) is 12.5 Å². The summed E-state index contributed by atoms with van der Waals surface area (Å²) in [5.41, 5.74) is 0.872. The molecule has 0 radical (unpaired) electrons. The van der Waals surface area contributed by atoms with Gasteiger partial charge in [-0.2, -0.15) is 5.10 Å². The van der Waals surface area contributed by atoms with Crippen LogP contribution in [0.2, 0.25) is 0 Å². The first-order valence-electron chi connectivity index (χ1n) is 2.99. The lowest BCUT2D eigenvalue weighted by molar-refractivity contribution is 0.281. The smallest absolute Gasteiger partial charge is 0.0712 e. The standard InChI is InChI=1S/C6H10N2O/c1-2-8-4-6(5-9)3-7-8/h3-4,9H,2,5H2,1H3. The molecule has 9 heavy (non-hydrogen) atoms. The molecule has 1 rings (SSSR count). The second-order valence-corrected chi connectivity index (χ2v) is 1.86. The number of nitrogens with zero attached hydrogens (tertiary/aromatic N) is 2. The van der Waals surface area contributed by atoms with Gasteiger partial charge in [0.15, 0.2) is 0 Å². The van der Waals surface area contributed by atoms with Gasteiger partial charge in [0, 0.05) is 18.3 Å². The molecule has 3 nitrogen and oxygen atoms in total. The molecule has 0 bridgehead atoms. The summed E-state index contributed by atoms with van der Waals surface area (Å²) in [5.74, 6) is 0. The summed E-state index contributed by atoms with van der Waals surface area (Å²) in [6.07, 6.45) is 3.50. The minimum Gasteiger partial charge on any atom is -0.392 e. The second kappa shape index (κ2) is 2.64. The maximum atomic E-state index is 8.59. The van der Waals surface area contributed by atoms with E-state index in [4.69, 9.17) is 5.11 Å². The highest BCUT2D eigenvalue weighted by atomic mass is 16.3. The van der Waals surface area contributed by atoms with Crippen LogP contribution >= 0.6 is 0 Å². The Hall–Kier alpha value is -0.830. The van der Waals surface area contributed by atoms with Gasteiger partial charge in [0.1, 0.15) is 0 Å². The fraction of sp³-hybridized carbons (Fsp3) is 0.500. The first-order chi connectivity index (χ1) is 4.36. The van der Waals surface area contributed by atoms with Crippen molar-refractivity contribution in [2.45, 2.75) is 20.1 Å². The van der Waals surface area contributed by atoms with Crippen LogP contribution in [0.4, 0.5) is 0 Å². The molecule has 0 atom stereocenters. The molecular weight excluding hydrogens is 116 g/mol. The normalized spacial score (nSPS) is 10.0. The van der Waals surface area contributed by atoms with Gasteiger partial charge < -0.3 is 5.11 Å². The van der Waals surface area contributed by atoms with Gasteiger partial charge in [0.25, 0.3) is 0 Å². The van der Waals surface area contributed by atoms with Crippen LogP contribution < -0.4 is 0 Å². The third-order valence-corrected chi connectivity index (χ3v) is 1.19. The average molecular weight is 126 g/mol. The van der Waals surface area contributed by atoms with Gasteiger partial charge in [-0.1, -0.05) is 0 Å². The molecule has 0 spiro atoms. The van der Waals surface area contributed by atoms with E-state index in [1.165, 1.54) is 0 Å². The van der Waals surface area contributed by atoms with Gasteiger partial charge in [0.05, 0.1) is 12.8 Å². The molecule has 0 amide bonds. The van der Waals surface area contributed by atoms with E-state index in [9.17, 15) is 0 Å². The number of aliphatic hydroxyl groups is 1. The van der Waals surface area contributed by atoms with Gasteiger partial charge >= 0.3 is 0 Å². The van der Waals surface area contributed by atoms with Crippen LogP contribution in [0.15, 0.2) is 12.4 Å². The Morgan fingerprint density at radius 1 is 1.78 bits per heavy atom. The van der Waals surface area contributed by atoms with Crippen molar-refractivity contribution in [2.75, 3.05) is 0 Å². The third kappa shape index (κ3) is 1.29. The van der Waals surface area contributed by atoms with Crippen molar-refractivity contribution in [3.63, 3.8) is 0 Å². The SMILES string of the molecule is CCn1cc(CO)cn1. The van der Waals surface area contributed by atoms with Gasteiger partial charge in [-0.15, -0.1) is 0 Å². The lowest BCUT2D eigenvalue weighted by Crippen LogP contribution is -1.92. The summed E-state index contributed by atoms with van der Waals surface area (Å²) in [4.78, 5) is 0. The Bertz CT molecular complexity index is 164. The minimum absolute atomic E-state index is 0.0833. The highest BCUT2D eigenvalue weighted by molar-refractivity contribution is 5.00.